The van der Waals surface area contributed by atoms with E-state index >= 15 is 0 Å². The van der Waals surface area contributed by atoms with Gasteiger partial charge in [0.15, 0.2) is 0 Å². The Morgan fingerprint density at radius 1 is 1.21 bits per heavy atom. The molecule has 0 N–H and O–H groups in total. The van der Waals surface area contributed by atoms with Crippen LogP contribution in [-0.2, 0) is 0 Å². The van der Waals surface area contributed by atoms with Gasteiger partial charge in [-0.2, -0.15) is 0 Å². The predicted molar refractivity (Wildman–Crippen MR) is 57.0 cm³/mol. The fourth-order valence-corrected chi connectivity index (χ4v) is 2.09. The number of thioether (sulfide) groups is 1. The van der Waals surface area contributed by atoms with Crippen LogP contribution >= 0.6 is 23.4 Å². The third-order valence-electron chi connectivity index (χ3n) is 1.68. The van der Waals surface area contributed by atoms with E-state index in [0.717, 1.165) is 24.7 Å². The summed E-state index contributed by atoms with van der Waals surface area (Å²) in [4.78, 5) is 0.501. The minimum absolute atomic E-state index is 0.485. The van der Waals surface area contributed by atoms with Gasteiger partial charge in [-0.05, 0) is 30.7 Å². The molecule has 0 saturated carbocycles. The molecule has 1 aromatic carbocycles. The Morgan fingerprint density at radius 2 is 2.00 bits per heavy atom. The van der Waals surface area contributed by atoms with Gasteiger partial charge in [0.1, 0.15) is 11.6 Å². The summed E-state index contributed by atoms with van der Waals surface area (Å²) in [7, 11) is 0. The highest BCUT2D eigenvalue weighted by atomic mass is 35.5. The molecule has 0 atom stereocenters. The highest BCUT2D eigenvalue weighted by molar-refractivity contribution is 7.99. The molecule has 4 heteroatoms. The average Bonchev–Trinajstić information content (AvgIpc) is 2.15. The number of benzene rings is 1. The molecule has 0 aliphatic heterocycles. The van der Waals surface area contributed by atoms with Crippen molar-refractivity contribution in [3.05, 3.63) is 29.8 Å². The number of hydrogen-bond acceptors (Lipinski definition) is 1. The van der Waals surface area contributed by atoms with Crippen LogP contribution in [0.15, 0.2) is 23.1 Å². The van der Waals surface area contributed by atoms with Gasteiger partial charge in [0.2, 0.25) is 0 Å². The van der Waals surface area contributed by atoms with E-state index in [1.807, 2.05) is 0 Å². The molecule has 1 rings (SSSR count). The van der Waals surface area contributed by atoms with Crippen molar-refractivity contribution < 1.29 is 8.78 Å². The van der Waals surface area contributed by atoms with Crippen LogP contribution in [-0.4, -0.2) is 11.6 Å². The zero-order chi connectivity index (χ0) is 10.4. The largest absolute Gasteiger partial charge is 0.207 e. The molecular weight excluding hydrogens is 226 g/mol. The second-order valence-electron chi connectivity index (χ2n) is 2.82. The zero-order valence-corrected chi connectivity index (χ0v) is 9.18. The van der Waals surface area contributed by atoms with Crippen LogP contribution < -0.4 is 0 Å². The summed E-state index contributed by atoms with van der Waals surface area (Å²) in [6, 6.07) is 3.65. The SMILES string of the molecule is Fc1ccc(SCCCCCl)c(F)c1. The minimum atomic E-state index is -0.535. The Labute approximate surface area is 91.6 Å². The van der Waals surface area contributed by atoms with E-state index in [4.69, 9.17) is 11.6 Å². The van der Waals surface area contributed by atoms with Gasteiger partial charge >= 0.3 is 0 Å². The predicted octanol–water partition coefficient (Wildman–Crippen LogP) is 4.08. The zero-order valence-electron chi connectivity index (χ0n) is 7.60. The summed E-state index contributed by atoms with van der Waals surface area (Å²) in [5, 5.41) is 0. The van der Waals surface area contributed by atoms with Crippen LogP contribution in [0.1, 0.15) is 12.8 Å². The summed E-state index contributed by atoms with van der Waals surface area (Å²) in [6.45, 7) is 0. The first-order chi connectivity index (χ1) is 6.74. The summed E-state index contributed by atoms with van der Waals surface area (Å²) in [5.74, 6) is 0.426. The van der Waals surface area contributed by atoms with E-state index in [-0.39, 0.29) is 0 Å². The molecular formula is C10H11ClF2S. The monoisotopic (exact) mass is 236 g/mol. The molecule has 0 spiro atoms. The van der Waals surface area contributed by atoms with E-state index < -0.39 is 11.6 Å². The Kier molecular flexibility index (Phi) is 5.26. The smallest absolute Gasteiger partial charge is 0.139 e. The van der Waals surface area contributed by atoms with Crippen molar-refractivity contribution in [3.63, 3.8) is 0 Å². The molecule has 0 aliphatic rings. The van der Waals surface area contributed by atoms with Gasteiger partial charge in [0, 0.05) is 16.8 Å². The molecule has 0 unspecified atom stereocenters. The van der Waals surface area contributed by atoms with Crippen LogP contribution in [0.3, 0.4) is 0 Å². The summed E-state index contributed by atoms with van der Waals surface area (Å²) >= 11 is 6.90. The lowest BCUT2D eigenvalue weighted by molar-refractivity contribution is 0.565. The second-order valence-corrected chi connectivity index (χ2v) is 4.33. The Bertz CT molecular complexity index is 291. The van der Waals surface area contributed by atoms with Gasteiger partial charge in [-0.1, -0.05) is 0 Å². The van der Waals surface area contributed by atoms with Crippen molar-refractivity contribution in [3.8, 4) is 0 Å². The van der Waals surface area contributed by atoms with Crippen LogP contribution in [0.5, 0.6) is 0 Å². The number of halogens is 3. The maximum Gasteiger partial charge on any atom is 0.139 e. The Hall–Kier alpha value is -0.280. The third-order valence-corrected chi connectivity index (χ3v) is 3.08. The average molecular weight is 237 g/mol. The normalized spacial score (nSPS) is 10.5. The standard InChI is InChI=1S/C10H11ClF2S/c11-5-1-2-6-14-10-4-3-8(12)7-9(10)13/h3-4,7H,1-2,5-6H2. The highest BCUT2D eigenvalue weighted by Crippen LogP contribution is 2.23. The maximum atomic E-state index is 13.1. The van der Waals surface area contributed by atoms with Crippen LogP contribution in [0.4, 0.5) is 8.78 Å². The quantitative estimate of drug-likeness (QED) is 0.422. The minimum Gasteiger partial charge on any atom is -0.207 e. The lowest BCUT2D eigenvalue weighted by Crippen LogP contribution is -1.86. The molecule has 0 bridgehead atoms. The van der Waals surface area contributed by atoms with Crippen molar-refractivity contribution in [1.29, 1.82) is 0 Å². The van der Waals surface area contributed by atoms with Crippen molar-refractivity contribution in [2.45, 2.75) is 17.7 Å². The first-order valence-electron chi connectivity index (χ1n) is 4.38. The van der Waals surface area contributed by atoms with Crippen LogP contribution in [0.25, 0.3) is 0 Å². The molecule has 0 heterocycles. The maximum absolute atomic E-state index is 13.1. The molecule has 0 nitrogen and oxygen atoms in total. The van der Waals surface area contributed by atoms with E-state index in [1.54, 1.807) is 0 Å². The van der Waals surface area contributed by atoms with Gasteiger partial charge in [0.25, 0.3) is 0 Å². The Balaban J connectivity index is 2.42. The molecule has 0 aliphatic carbocycles. The lowest BCUT2D eigenvalue weighted by atomic mass is 10.3. The molecule has 0 saturated heterocycles. The highest BCUT2D eigenvalue weighted by Gasteiger charge is 2.03. The van der Waals surface area contributed by atoms with E-state index in [2.05, 4.69) is 0 Å². The molecule has 78 valence electrons. The number of alkyl halides is 1. The summed E-state index contributed by atoms with van der Waals surface area (Å²) < 4.78 is 25.6. The Morgan fingerprint density at radius 3 is 2.64 bits per heavy atom. The van der Waals surface area contributed by atoms with Crippen molar-refractivity contribution in [2.24, 2.45) is 0 Å². The van der Waals surface area contributed by atoms with Gasteiger partial charge in [-0.3, -0.25) is 0 Å². The topological polar surface area (TPSA) is 0 Å². The lowest BCUT2D eigenvalue weighted by Gasteiger charge is -2.02. The van der Waals surface area contributed by atoms with Crippen LogP contribution in [0, 0.1) is 11.6 Å². The molecule has 0 amide bonds. The summed E-state index contributed by atoms with van der Waals surface area (Å²) in [5.41, 5.74) is 0. The van der Waals surface area contributed by atoms with Crippen molar-refractivity contribution in [2.75, 3.05) is 11.6 Å². The van der Waals surface area contributed by atoms with Gasteiger partial charge in [-0.25, -0.2) is 8.78 Å². The van der Waals surface area contributed by atoms with E-state index in [9.17, 15) is 8.78 Å². The van der Waals surface area contributed by atoms with E-state index in [0.29, 0.717) is 10.8 Å². The second kappa shape index (κ2) is 6.25. The molecule has 1 aromatic rings. The number of hydrogen-bond donors (Lipinski definition) is 0. The molecule has 0 radical (unpaired) electrons. The first-order valence-corrected chi connectivity index (χ1v) is 5.90. The van der Waals surface area contributed by atoms with Gasteiger partial charge < -0.3 is 0 Å². The van der Waals surface area contributed by atoms with E-state index in [1.165, 1.54) is 23.9 Å². The first kappa shape index (κ1) is 11.8. The third kappa shape index (κ3) is 3.84. The van der Waals surface area contributed by atoms with Gasteiger partial charge in [-0.15, -0.1) is 23.4 Å². The van der Waals surface area contributed by atoms with Gasteiger partial charge in [0.05, 0.1) is 0 Å². The van der Waals surface area contributed by atoms with Crippen molar-refractivity contribution in [1.82, 2.24) is 0 Å². The van der Waals surface area contributed by atoms with Crippen LogP contribution in [0.2, 0.25) is 0 Å². The molecule has 14 heavy (non-hydrogen) atoms. The van der Waals surface area contributed by atoms with Crippen molar-refractivity contribution >= 4 is 23.4 Å². The molecule has 0 aromatic heterocycles. The fourth-order valence-electron chi connectivity index (χ4n) is 0.971. The fraction of sp³-hybridized carbons (Fsp3) is 0.400. The molecule has 0 fully saturated rings. The number of rotatable bonds is 5. The summed E-state index contributed by atoms with van der Waals surface area (Å²) in [6.07, 6.45) is 1.88. The number of unbranched alkanes of at least 4 members (excludes halogenated alkanes) is 1.